The fraction of sp³-hybridized carbons (Fsp3) is 0.400. The van der Waals surface area contributed by atoms with Gasteiger partial charge in [-0.05, 0) is 30.2 Å². The molecule has 2 heteroatoms. The van der Waals surface area contributed by atoms with Crippen LogP contribution in [0, 0.1) is 0 Å². The molecule has 0 aliphatic carbocycles. The van der Waals surface area contributed by atoms with E-state index in [-0.39, 0.29) is 0 Å². The van der Waals surface area contributed by atoms with E-state index in [1.807, 2.05) is 24.3 Å². The molecular weight excluding hydrogens is 212 g/mol. The van der Waals surface area contributed by atoms with Crippen molar-refractivity contribution in [2.45, 2.75) is 32.6 Å². The molecule has 0 bridgehead atoms. The van der Waals surface area contributed by atoms with Gasteiger partial charge in [0.15, 0.2) is 0 Å². The highest BCUT2D eigenvalue weighted by Crippen LogP contribution is 2.15. The second kappa shape index (κ2) is 8.57. The average molecular weight is 231 g/mol. The summed E-state index contributed by atoms with van der Waals surface area (Å²) in [6, 6.07) is 7.71. The lowest BCUT2D eigenvalue weighted by molar-refractivity contribution is 0.305. The topological polar surface area (TPSA) is 26.3 Å². The van der Waals surface area contributed by atoms with Crippen LogP contribution in [0.5, 0.6) is 5.75 Å². The molecule has 0 heterocycles. The van der Waals surface area contributed by atoms with E-state index in [4.69, 9.17) is 4.74 Å². The Bertz CT molecular complexity index is 356. The van der Waals surface area contributed by atoms with Crippen LogP contribution in [0.15, 0.2) is 30.3 Å². The van der Waals surface area contributed by atoms with Crippen molar-refractivity contribution < 1.29 is 9.53 Å². The van der Waals surface area contributed by atoms with Crippen LogP contribution in [0.3, 0.4) is 0 Å². The minimum atomic E-state index is 0.757. The van der Waals surface area contributed by atoms with Gasteiger partial charge in [0.25, 0.3) is 0 Å². The first-order valence-corrected chi connectivity index (χ1v) is 6.14. The van der Waals surface area contributed by atoms with Crippen LogP contribution >= 0.6 is 0 Å². The number of rotatable bonds is 8. The highest BCUT2D eigenvalue weighted by molar-refractivity contribution is 5.74. The smallest absolute Gasteiger partial charge is 0.225 e. The van der Waals surface area contributed by atoms with E-state index in [2.05, 4.69) is 6.92 Å². The van der Waals surface area contributed by atoms with Crippen molar-refractivity contribution in [3.8, 4) is 5.75 Å². The van der Waals surface area contributed by atoms with Crippen molar-refractivity contribution >= 4 is 12.4 Å². The van der Waals surface area contributed by atoms with Gasteiger partial charge in [0.05, 0.1) is 6.61 Å². The summed E-state index contributed by atoms with van der Waals surface area (Å²) < 4.78 is 5.64. The number of allylic oxidation sites excluding steroid dienone is 1. The van der Waals surface area contributed by atoms with Gasteiger partial charge in [0.1, 0.15) is 5.75 Å². The van der Waals surface area contributed by atoms with Crippen LogP contribution in [-0.2, 0) is 4.79 Å². The summed E-state index contributed by atoms with van der Waals surface area (Å²) >= 11 is 0. The number of benzene rings is 1. The zero-order valence-corrected chi connectivity index (χ0v) is 10.3. The molecule has 0 N–H and O–H groups in total. The number of hydrogen-bond donors (Lipinski definition) is 0. The van der Waals surface area contributed by atoms with Gasteiger partial charge in [-0.15, -0.1) is 0 Å². The van der Waals surface area contributed by atoms with Gasteiger partial charge in [-0.2, -0.15) is 0 Å². The molecule has 0 saturated carbocycles. The first-order chi connectivity index (χ1) is 8.36. The minimum Gasteiger partial charge on any atom is -0.494 e. The fourth-order valence-electron chi connectivity index (χ4n) is 1.56. The summed E-state index contributed by atoms with van der Waals surface area (Å²) in [6.07, 6.45) is 9.63. The molecule has 0 spiro atoms. The molecule has 0 unspecified atom stereocenters. The second-order valence-electron chi connectivity index (χ2n) is 3.93. The lowest BCUT2D eigenvalue weighted by atomic mass is 10.2. The van der Waals surface area contributed by atoms with Gasteiger partial charge in [-0.1, -0.05) is 44.4 Å². The quantitative estimate of drug-likeness (QED) is 0.503. The Labute approximate surface area is 103 Å². The first-order valence-electron chi connectivity index (χ1n) is 6.14. The van der Waals surface area contributed by atoms with Gasteiger partial charge < -0.3 is 4.74 Å². The molecule has 0 aliphatic heterocycles. The van der Waals surface area contributed by atoms with E-state index in [1.165, 1.54) is 25.3 Å². The summed E-state index contributed by atoms with van der Waals surface area (Å²) in [5.74, 6) is 0.856. The van der Waals surface area contributed by atoms with Crippen LogP contribution in [0.1, 0.15) is 38.2 Å². The van der Waals surface area contributed by atoms with Gasteiger partial charge in [-0.3, -0.25) is 4.79 Å². The number of carbonyl (C=O) groups excluding carboxylic acids is 1. The Balaban J connectivity index is 2.37. The highest BCUT2D eigenvalue weighted by Gasteiger charge is 1.95. The Morgan fingerprint density at radius 3 is 2.94 bits per heavy atom. The van der Waals surface area contributed by atoms with E-state index in [0.29, 0.717) is 0 Å². The number of hydrogen-bond acceptors (Lipinski definition) is 2. The maximum atomic E-state index is 10.1. The molecule has 2 nitrogen and oxygen atoms in total. The molecule has 91 valence electrons. The summed E-state index contributed by atoms with van der Waals surface area (Å²) in [6.45, 7) is 2.95. The van der Waals surface area contributed by atoms with Crippen molar-refractivity contribution in [3.05, 3.63) is 35.9 Å². The van der Waals surface area contributed by atoms with Gasteiger partial charge >= 0.3 is 0 Å². The van der Waals surface area contributed by atoms with Crippen LogP contribution in [0.25, 0.3) is 6.08 Å². The standard InChI is InChI=1S/C15H19O2/c1-2-3-4-5-12-17-15-10-6-8-14(13-15)9-7-11-16/h6-10,13H,2-5,12H2,1H3/b9-7+. The van der Waals surface area contributed by atoms with Crippen molar-refractivity contribution in [2.24, 2.45) is 0 Å². The lowest BCUT2D eigenvalue weighted by Crippen LogP contribution is -1.97. The van der Waals surface area contributed by atoms with Crippen LogP contribution in [0.2, 0.25) is 0 Å². The summed E-state index contributed by atoms with van der Waals surface area (Å²) in [5.41, 5.74) is 0.958. The first kappa shape index (κ1) is 13.5. The van der Waals surface area contributed by atoms with Crippen LogP contribution < -0.4 is 4.74 Å². The lowest BCUT2D eigenvalue weighted by Gasteiger charge is -2.06. The zero-order chi connectivity index (χ0) is 12.3. The largest absolute Gasteiger partial charge is 0.494 e. The number of ether oxygens (including phenoxy) is 1. The molecule has 0 aliphatic rings. The summed E-state index contributed by atoms with van der Waals surface area (Å²) in [7, 11) is 0. The van der Waals surface area contributed by atoms with Crippen molar-refractivity contribution in [3.63, 3.8) is 0 Å². The second-order valence-corrected chi connectivity index (χ2v) is 3.93. The normalized spacial score (nSPS) is 10.6. The Kier molecular flexibility index (Phi) is 6.80. The monoisotopic (exact) mass is 231 g/mol. The van der Waals surface area contributed by atoms with E-state index < -0.39 is 0 Å². The SMILES string of the molecule is CCCCCCOc1cccc(/C=C/[C]=O)c1. The molecule has 0 fully saturated rings. The Morgan fingerprint density at radius 1 is 1.29 bits per heavy atom. The molecule has 0 aromatic heterocycles. The van der Waals surface area contributed by atoms with Crippen LogP contribution in [0.4, 0.5) is 0 Å². The third-order valence-corrected chi connectivity index (χ3v) is 2.47. The number of unbranched alkanes of at least 4 members (excludes halogenated alkanes) is 3. The van der Waals surface area contributed by atoms with Gasteiger partial charge in [0, 0.05) is 0 Å². The zero-order valence-electron chi connectivity index (χ0n) is 10.3. The fourth-order valence-corrected chi connectivity index (χ4v) is 1.56. The molecular formula is C15H19O2. The Hall–Kier alpha value is -1.57. The van der Waals surface area contributed by atoms with Crippen molar-refractivity contribution in [2.75, 3.05) is 6.61 Å². The maximum absolute atomic E-state index is 10.1. The summed E-state index contributed by atoms with van der Waals surface area (Å²) in [5, 5.41) is 0. The van der Waals surface area contributed by atoms with E-state index >= 15 is 0 Å². The van der Waals surface area contributed by atoms with Gasteiger partial charge in [-0.25, -0.2) is 0 Å². The maximum Gasteiger partial charge on any atom is 0.225 e. The summed E-state index contributed by atoms with van der Waals surface area (Å²) in [4.78, 5) is 10.1. The Morgan fingerprint density at radius 2 is 2.18 bits per heavy atom. The van der Waals surface area contributed by atoms with E-state index in [0.717, 1.165) is 24.3 Å². The van der Waals surface area contributed by atoms with Crippen molar-refractivity contribution in [1.82, 2.24) is 0 Å². The molecule has 1 aromatic carbocycles. The van der Waals surface area contributed by atoms with E-state index in [9.17, 15) is 4.79 Å². The van der Waals surface area contributed by atoms with Gasteiger partial charge in [0.2, 0.25) is 6.29 Å². The molecule has 0 amide bonds. The molecule has 1 aromatic rings. The third kappa shape index (κ3) is 5.91. The predicted octanol–water partition coefficient (Wildman–Crippen LogP) is 3.77. The molecule has 0 atom stereocenters. The minimum absolute atomic E-state index is 0.757. The molecule has 1 rings (SSSR count). The average Bonchev–Trinajstić information content (AvgIpc) is 2.37. The van der Waals surface area contributed by atoms with Crippen LogP contribution in [-0.4, -0.2) is 12.9 Å². The molecule has 17 heavy (non-hydrogen) atoms. The molecule has 0 saturated heterocycles. The van der Waals surface area contributed by atoms with E-state index in [1.54, 1.807) is 12.4 Å². The third-order valence-electron chi connectivity index (χ3n) is 2.47. The van der Waals surface area contributed by atoms with Crippen molar-refractivity contribution in [1.29, 1.82) is 0 Å². The predicted molar refractivity (Wildman–Crippen MR) is 70.8 cm³/mol. The molecule has 1 radical (unpaired) electrons. The highest BCUT2D eigenvalue weighted by atomic mass is 16.5.